The summed E-state index contributed by atoms with van der Waals surface area (Å²) < 4.78 is 0.715. The van der Waals surface area contributed by atoms with Gasteiger partial charge in [-0.2, -0.15) is 0 Å². The molecule has 2 aliphatic rings. The Kier molecular flexibility index (Phi) is 2.17. The van der Waals surface area contributed by atoms with Crippen LogP contribution in [-0.4, -0.2) is 28.9 Å². The zero-order valence-corrected chi connectivity index (χ0v) is 10.3. The average Bonchev–Trinajstić information content (AvgIpc) is 2.88. The first kappa shape index (κ1) is 10.1. The highest BCUT2D eigenvalue weighted by molar-refractivity contribution is 9.10. The van der Waals surface area contributed by atoms with Crippen molar-refractivity contribution in [1.29, 1.82) is 0 Å². The van der Waals surface area contributed by atoms with Gasteiger partial charge < -0.3 is 10.6 Å². The van der Waals surface area contributed by atoms with Crippen molar-refractivity contribution < 1.29 is 4.79 Å². The van der Waals surface area contributed by atoms with Gasteiger partial charge in [-0.3, -0.25) is 4.79 Å². The minimum absolute atomic E-state index is 0.0631. The van der Waals surface area contributed by atoms with Crippen molar-refractivity contribution in [2.24, 2.45) is 11.8 Å². The predicted molar refractivity (Wildman–Crippen MR) is 63.8 cm³/mol. The normalized spacial score (nSPS) is 26.7. The number of nitrogens with two attached hydrogens (primary N) is 1. The van der Waals surface area contributed by atoms with E-state index in [4.69, 9.17) is 5.73 Å². The number of nitrogen functional groups attached to an aromatic ring is 1. The fraction of sp³-hybridized carbons (Fsp3) is 0.455. The van der Waals surface area contributed by atoms with Gasteiger partial charge in [-0.05, 0) is 40.3 Å². The number of halogens is 1. The van der Waals surface area contributed by atoms with Crippen molar-refractivity contribution in [2.45, 2.75) is 6.42 Å². The van der Waals surface area contributed by atoms with E-state index in [1.807, 2.05) is 4.90 Å². The Morgan fingerprint density at radius 2 is 2.19 bits per heavy atom. The molecular formula is C11H12BrN3O. The Bertz CT molecular complexity index is 453. The molecule has 2 heterocycles. The third kappa shape index (κ3) is 1.59. The Hall–Kier alpha value is -1.10. The maximum atomic E-state index is 12.2. The van der Waals surface area contributed by atoms with E-state index in [2.05, 4.69) is 20.9 Å². The molecule has 16 heavy (non-hydrogen) atoms. The van der Waals surface area contributed by atoms with E-state index < -0.39 is 0 Å². The van der Waals surface area contributed by atoms with Crippen LogP contribution in [0, 0.1) is 11.8 Å². The minimum Gasteiger partial charge on any atom is -0.384 e. The van der Waals surface area contributed by atoms with E-state index in [9.17, 15) is 4.79 Å². The lowest BCUT2D eigenvalue weighted by molar-refractivity contribution is 0.0774. The van der Waals surface area contributed by atoms with Gasteiger partial charge in [-0.25, -0.2) is 4.98 Å². The summed E-state index contributed by atoms with van der Waals surface area (Å²) in [6.07, 6.45) is 2.88. The molecule has 2 unspecified atom stereocenters. The zero-order chi connectivity index (χ0) is 11.3. The molecule has 0 spiro atoms. The SMILES string of the molecule is Nc1cc(C(=O)N2CC3CC3C2)c(Br)cn1. The van der Waals surface area contributed by atoms with Crippen LogP contribution in [0.25, 0.3) is 0 Å². The molecule has 0 bridgehead atoms. The lowest BCUT2D eigenvalue weighted by atomic mass is 10.2. The van der Waals surface area contributed by atoms with Gasteiger partial charge in [0, 0.05) is 23.8 Å². The van der Waals surface area contributed by atoms with E-state index >= 15 is 0 Å². The maximum absolute atomic E-state index is 12.2. The second kappa shape index (κ2) is 3.45. The van der Waals surface area contributed by atoms with Gasteiger partial charge in [0.2, 0.25) is 0 Å². The quantitative estimate of drug-likeness (QED) is 0.849. The van der Waals surface area contributed by atoms with E-state index in [-0.39, 0.29) is 5.91 Å². The van der Waals surface area contributed by atoms with Gasteiger partial charge >= 0.3 is 0 Å². The molecule has 0 aromatic carbocycles. The third-order valence-corrected chi connectivity index (χ3v) is 4.00. The molecule has 2 N–H and O–H groups in total. The summed E-state index contributed by atoms with van der Waals surface area (Å²) in [7, 11) is 0. The summed E-state index contributed by atoms with van der Waals surface area (Å²) in [6, 6.07) is 1.64. The number of rotatable bonds is 1. The van der Waals surface area contributed by atoms with Crippen molar-refractivity contribution in [2.75, 3.05) is 18.8 Å². The van der Waals surface area contributed by atoms with Crippen LogP contribution >= 0.6 is 15.9 Å². The van der Waals surface area contributed by atoms with Gasteiger partial charge in [0.1, 0.15) is 5.82 Å². The highest BCUT2D eigenvalue weighted by atomic mass is 79.9. The minimum atomic E-state index is 0.0631. The predicted octanol–water partition coefficient (Wildman–Crippen LogP) is 1.52. The molecular weight excluding hydrogens is 270 g/mol. The number of hydrogen-bond donors (Lipinski definition) is 1. The molecule has 1 aliphatic heterocycles. The Morgan fingerprint density at radius 3 is 2.88 bits per heavy atom. The van der Waals surface area contributed by atoms with Crippen LogP contribution in [0.15, 0.2) is 16.7 Å². The average molecular weight is 282 g/mol. The highest BCUT2D eigenvalue weighted by Gasteiger charge is 2.46. The molecule has 0 radical (unpaired) electrons. The standard InChI is InChI=1S/C11H12BrN3O/c12-9-3-14-10(13)2-8(9)11(16)15-4-6-1-7(6)5-15/h2-3,6-7H,1,4-5H2,(H2,13,14). The van der Waals surface area contributed by atoms with Crippen LogP contribution in [0.4, 0.5) is 5.82 Å². The number of amides is 1. The molecule has 4 nitrogen and oxygen atoms in total. The molecule has 1 aromatic heterocycles. The number of hydrogen-bond acceptors (Lipinski definition) is 3. The molecule has 1 aromatic rings. The van der Waals surface area contributed by atoms with Crippen molar-refractivity contribution >= 4 is 27.7 Å². The van der Waals surface area contributed by atoms with Crippen LogP contribution in [-0.2, 0) is 0 Å². The van der Waals surface area contributed by atoms with Gasteiger partial charge in [0.25, 0.3) is 5.91 Å². The molecule has 1 aliphatic carbocycles. The first-order valence-electron chi connectivity index (χ1n) is 5.35. The molecule has 1 saturated heterocycles. The first-order valence-corrected chi connectivity index (χ1v) is 6.14. The summed E-state index contributed by atoms with van der Waals surface area (Å²) >= 11 is 3.34. The highest BCUT2D eigenvalue weighted by Crippen LogP contribution is 2.45. The lowest BCUT2D eigenvalue weighted by Gasteiger charge is -2.18. The topological polar surface area (TPSA) is 59.2 Å². The fourth-order valence-corrected chi connectivity index (χ4v) is 2.74. The van der Waals surface area contributed by atoms with Crippen LogP contribution in [0.3, 0.4) is 0 Å². The molecule has 5 heteroatoms. The lowest BCUT2D eigenvalue weighted by Crippen LogP contribution is -2.30. The number of nitrogens with zero attached hydrogens (tertiary/aromatic N) is 2. The summed E-state index contributed by atoms with van der Waals surface area (Å²) in [5.74, 6) is 1.95. The second-order valence-corrected chi connectivity index (χ2v) is 5.41. The summed E-state index contributed by atoms with van der Waals surface area (Å²) in [6.45, 7) is 1.80. The number of aromatic nitrogens is 1. The molecule has 2 atom stereocenters. The molecule has 1 amide bonds. The van der Waals surface area contributed by atoms with Crippen LogP contribution in [0.1, 0.15) is 16.8 Å². The summed E-state index contributed by atoms with van der Waals surface area (Å²) in [4.78, 5) is 18.0. The monoisotopic (exact) mass is 281 g/mol. The second-order valence-electron chi connectivity index (χ2n) is 4.56. The molecule has 2 fully saturated rings. The van der Waals surface area contributed by atoms with Crippen molar-refractivity contribution in [1.82, 2.24) is 9.88 Å². The number of fused-ring (bicyclic) bond motifs is 1. The number of piperidine rings is 1. The molecule has 84 valence electrons. The molecule has 1 saturated carbocycles. The number of carbonyl (C=O) groups is 1. The smallest absolute Gasteiger partial charge is 0.255 e. The zero-order valence-electron chi connectivity index (χ0n) is 8.69. The number of carbonyl (C=O) groups excluding carboxylic acids is 1. The van der Waals surface area contributed by atoms with Crippen molar-refractivity contribution in [3.8, 4) is 0 Å². The van der Waals surface area contributed by atoms with Gasteiger partial charge in [-0.15, -0.1) is 0 Å². The van der Waals surface area contributed by atoms with E-state index in [1.165, 1.54) is 6.42 Å². The van der Waals surface area contributed by atoms with Crippen molar-refractivity contribution in [3.63, 3.8) is 0 Å². The Morgan fingerprint density at radius 1 is 1.50 bits per heavy atom. The van der Waals surface area contributed by atoms with E-state index in [0.29, 0.717) is 15.9 Å². The van der Waals surface area contributed by atoms with E-state index in [0.717, 1.165) is 24.9 Å². The summed E-state index contributed by atoms with van der Waals surface area (Å²) in [5, 5.41) is 0. The van der Waals surface area contributed by atoms with Gasteiger partial charge in [-0.1, -0.05) is 0 Å². The Balaban J connectivity index is 1.85. The van der Waals surface area contributed by atoms with E-state index in [1.54, 1.807) is 12.3 Å². The van der Waals surface area contributed by atoms with Crippen LogP contribution in [0.2, 0.25) is 0 Å². The third-order valence-electron chi connectivity index (χ3n) is 3.37. The summed E-state index contributed by atoms with van der Waals surface area (Å²) in [5.41, 5.74) is 6.22. The van der Waals surface area contributed by atoms with Gasteiger partial charge in [0.05, 0.1) is 5.56 Å². The number of likely N-dealkylation sites (tertiary alicyclic amines) is 1. The maximum Gasteiger partial charge on any atom is 0.255 e. The van der Waals surface area contributed by atoms with Crippen LogP contribution in [0.5, 0.6) is 0 Å². The van der Waals surface area contributed by atoms with Crippen LogP contribution < -0.4 is 5.73 Å². The first-order chi connectivity index (χ1) is 7.65. The van der Waals surface area contributed by atoms with Crippen molar-refractivity contribution in [3.05, 3.63) is 22.3 Å². The number of anilines is 1. The number of pyridine rings is 1. The Labute approximate surface area is 102 Å². The largest absolute Gasteiger partial charge is 0.384 e. The molecule has 3 rings (SSSR count). The fourth-order valence-electron chi connectivity index (χ4n) is 2.35. The van der Waals surface area contributed by atoms with Gasteiger partial charge in [0.15, 0.2) is 0 Å².